The van der Waals surface area contributed by atoms with Gasteiger partial charge in [-0.25, -0.2) is 0 Å². The summed E-state index contributed by atoms with van der Waals surface area (Å²) in [4.78, 5) is 12.1. The number of carbonyl (C=O) groups excluding carboxylic acids is 1. The second-order valence-corrected chi connectivity index (χ2v) is 4.98. The normalized spacial score (nSPS) is 18.6. The summed E-state index contributed by atoms with van der Waals surface area (Å²) in [6.45, 7) is 4.25. The van der Waals surface area contributed by atoms with Gasteiger partial charge >= 0.3 is 5.97 Å². The van der Waals surface area contributed by atoms with Crippen molar-refractivity contribution in [2.45, 2.75) is 20.3 Å². The highest BCUT2D eigenvalue weighted by Crippen LogP contribution is 2.35. The topological polar surface area (TPSA) is 26.3 Å². The zero-order valence-electron chi connectivity index (χ0n) is 11.2. The van der Waals surface area contributed by atoms with Gasteiger partial charge in [0.1, 0.15) is 0 Å². The molecule has 1 aliphatic rings. The minimum atomic E-state index is -0.261. The average molecular weight is 277 g/mol. The number of rotatable bonds is 3. The van der Waals surface area contributed by atoms with Crippen LogP contribution in [0, 0.1) is 12.8 Å². The van der Waals surface area contributed by atoms with Gasteiger partial charge in [-0.05, 0) is 43.0 Å². The molecular weight excluding hydrogens is 260 g/mol. The van der Waals surface area contributed by atoms with Crippen LogP contribution in [0.1, 0.15) is 24.5 Å². The summed E-state index contributed by atoms with van der Waals surface area (Å²) in [5, 5.41) is 0.679. The molecule has 2 rings (SSSR count). The maximum atomic E-state index is 12.1. The maximum Gasteiger partial charge on any atom is 0.313 e. The third-order valence-corrected chi connectivity index (χ3v) is 3.51. The molecule has 0 aromatic heterocycles. The Morgan fingerprint density at radius 3 is 2.84 bits per heavy atom. The van der Waals surface area contributed by atoms with E-state index in [0.717, 1.165) is 16.7 Å². The van der Waals surface area contributed by atoms with E-state index in [2.05, 4.69) is 0 Å². The van der Waals surface area contributed by atoms with Gasteiger partial charge in [-0.15, -0.1) is 0 Å². The highest BCUT2D eigenvalue weighted by molar-refractivity contribution is 6.32. The molecule has 0 bridgehead atoms. The van der Waals surface area contributed by atoms with E-state index in [-0.39, 0.29) is 11.9 Å². The number of carbonyl (C=O) groups is 1. The zero-order chi connectivity index (χ0) is 13.8. The van der Waals surface area contributed by atoms with Crippen LogP contribution in [0.3, 0.4) is 0 Å². The Hall–Kier alpha value is -1.54. The summed E-state index contributed by atoms with van der Waals surface area (Å²) in [7, 11) is 0. The fourth-order valence-corrected chi connectivity index (χ4v) is 2.50. The predicted octanol–water partition coefficient (Wildman–Crippen LogP) is 4.08. The Morgan fingerprint density at radius 1 is 1.42 bits per heavy atom. The molecule has 0 aliphatic heterocycles. The lowest BCUT2D eigenvalue weighted by atomic mass is 9.85. The zero-order valence-corrected chi connectivity index (χ0v) is 11.9. The van der Waals surface area contributed by atoms with Gasteiger partial charge in [0.05, 0.1) is 12.5 Å². The molecule has 1 aromatic rings. The van der Waals surface area contributed by atoms with Crippen LogP contribution in [-0.4, -0.2) is 12.6 Å². The molecule has 19 heavy (non-hydrogen) atoms. The Bertz CT molecular complexity index is 543. The molecule has 0 radical (unpaired) electrons. The van der Waals surface area contributed by atoms with Gasteiger partial charge in [0.25, 0.3) is 0 Å². The Kier molecular flexibility index (Phi) is 4.43. The second-order valence-electron chi connectivity index (χ2n) is 4.54. The van der Waals surface area contributed by atoms with E-state index >= 15 is 0 Å². The number of hydrogen-bond donors (Lipinski definition) is 0. The van der Waals surface area contributed by atoms with E-state index in [4.69, 9.17) is 16.3 Å². The fraction of sp³-hybridized carbons (Fsp3) is 0.312. The van der Waals surface area contributed by atoms with Crippen LogP contribution in [-0.2, 0) is 9.53 Å². The molecule has 1 aromatic carbocycles. The minimum Gasteiger partial charge on any atom is -0.466 e. The van der Waals surface area contributed by atoms with Gasteiger partial charge in [-0.1, -0.05) is 41.9 Å². The first kappa shape index (κ1) is 13.9. The van der Waals surface area contributed by atoms with E-state index in [1.54, 1.807) is 0 Å². The molecule has 1 atom stereocenters. The summed E-state index contributed by atoms with van der Waals surface area (Å²) in [5.41, 5.74) is 3.14. The van der Waals surface area contributed by atoms with Crippen molar-refractivity contribution in [3.8, 4) is 0 Å². The van der Waals surface area contributed by atoms with Crippen LogP contribution in [0.4, 0.5) is 0 Å². The molecule has 100 valence electrons. The van der Waals surface area contributed by atoms with Crippen molar-refractivity contribution >= 4 is 23.1 Å². The Morgan fingerprint density at radius 2 is 2.16 bits per heavy atom. The Balaban J connectivity index is 2.40. The van der Waals surface area contributed by atoms with E-state index < -0.39 is 0 Å². The highest BCUT2D eigenvalue weighted by Gasteiger charge is 2.27. The van der Waals surface area contributed by atoms with Gasteiger partial charge in [0, 0.05) is 5.03 Å². The first-order valence-electron chi connectivity index (χ1n) is 6.43. The lowest BCUT2D eigenvalue weighted by molar-refractivity contribution is -0.145. The molecule has 0 amide bonds. The number of allylic oxidation sites excluding steroid dienone is 3. The van der Waals surface area contributed by atoms with Crippen molar-refractivity contribution in [3.05, 3.63) is 52.6 Å². The standard InChI is InChI=1S/C16H17ClO2/c1-3-19-16(18)14-9-8-12(17)10-15(14)13-7-5-4-6-11(13)2/h4-8,10,14H,3,9H2,1-2H3. The lowest BCUT2D eigenvalue weighted by Gasteiger charge is -2.22. The Labute approximate surface area is 118 Å². The first-order valence-corrected chi connectivity index (χ1v) is 6.81. The van der Waals surface area contributed by atoms with Crippen LogP contribution in [0.15, 0.2) is 41.4 Å². The molecule has 0 saturated carbocycles. The van der Waals surface area contributed by atoms with E-state index in [1.165, 1.54) is 0 Å². The number of hydrogen-bond acceptors (Lipinski definition) is 2. The highest BCUT2D eigenvalue weighted by atomic mass is 35.5. The summed E-state index contributed by atoms with van der Waals surface area (Å²) in [5.74, 6) is -0.444. The number of aryl methyl sites for hydroxylation is 1. The van der Waals surface area contributed by atoms with Crippen molar-refractivity contribution in [2.24, 2.45) is 5.92 Å². The summed E-state index contributed by atoms with van der Waals surface area (Å²) >= 11 is 6.09. The van der Waals surface area contributed by atoms with Gasteiger partial charge in [-0.3, -0.25) is 4.79 Å². The maximum absolute atomic E-state index is 12.1. The SMILES string of the molecule is CCOC(=O)C1CC=C(Cl)C=C1c1ccccc1C. The first-order chi connectivity index (χ1) is 9.13. The molecular formula is C16H17ClO2. The van der Waals surface area contributed by atoms with Crippen LogP contribution in [0.5, 0.6) is 0 Å². The minimum absolute atomic E-state index is 0.183. The van der Waals surface area contributed by atoms with Gasteiger partial charge in [0.2, 0.25) is 0 Å². The van der Waals surface area contributed by atoms with Crippen molar-refractivity contribution in [2.75, 3.05) is 6.61 Å². The van der Waals surface area contributed by atoms with E-state index in [0.29, 0.717) is 18.1 Å². The smallest absolute Gasteiger partial charge is 0.313 e. The molecule has 3 heteroatoms. The predicted molar refractivity (Wildman–Crippen MR) is 77.8 cm³/mol. The number of halogens is 1. The number of ether oxygens (including phenoxy) is 1. The lowest BCUT2D eigenvalue weighted by Crippen LogP contribution is -2.20. The molecule has 1 aliphatic carbocycles. The third kappa shape index (κ3) is 3.07. The van der Waals surface area contributed by atoms with Crippen LogP contribution in [0.25, 0.3) is 5.57 Å². The summed E-state index contributed by atoms with van der Waals surface area (Å²) < 4.78 is 5.16. The largest absolute Gasteiger partial charge is 0.466 e. The second kappa shape index (κ2) is 6.07. The van der Waals surface area contributed by atoms with Crippen LogP contribution < -0.4 is 0 Å². The number of esters is 1. The van der Waals surface area contributed by atoms with Gasteiger partial charge in [0.15, 0.2) is 0 Å². The third-order valence-electron chi connectivity index (χ3n) is 3.24. The quantitative estimate of drug-likeness (QED) is 0.778. The molecule has 0 fully saturated rings. The molecule has 0 spiro atoms. The number of benzene rings is 1. The molecule has 2 nitrogen and oxygen atoms in total. The van der Waals surface area contributed by atoms with Crippen LogP contribution >= 0.6 is 11.6 Å². The monoisotopic (exact) mass is 276 g/mol. The van der Waals surface area contributed by atoms with Gasteiger partial charge in [-0.2, -0.15) is 0 Å². The van der Waals surface area contributed by atoms with E-state index in [9.17, 15) is 4.79 Å². The summed E-state index contributed by atoms with van der Waals surface area (Å²) in [6, 6.07) is 8.00. The molecule has 1 unspecified atom stereocenters. The van der Waals surface area contributed by atoms with Crippen molar-refractivity contribution in [3.63, 3.8) is 0 Å². The van der Waals surface area contributed by atoms with Crippen molar-refractivity contribution < 1.29 is 9.53 Å². The van der Waals surface area contributed by atoms with Crippen LogP contribution in [0.2, 0.25) is 0 Å². The average Bonchev–Trinajstić information content (AvgIpc) is 2.39. The van der Waals surface area contributed by atoms with Gasteiger partial charge < -0.3 is 4.74 Å². The fourth-order valence-electron chi connectivity index (χ4n) is 2.29. The van der Waals surface area contributed by atoms with Crippen molar-refractivity contribution in [1.29, 1.82) is 0 Å². The molecule has 0 N–H and O–H groups in total. The molecule has 0 saturated heterocycles. The molecule has 0 heterocycles. The summed E-state index contributed by atoms with van der Waals surface area (Å²) in [6.07, 6.45) is 4.33. The van der Waals surface area contributed by atoms with E-state index in [1.807, 2.05) is 50.3 Å². The van der Waals surface area contributed by atoms with Crippen molar-refractivity contribution in [1.82, 2.24) is 0 Å².